The molecule has 4 aromatic rings. The van der Waals surface area contributed by atoms with Gasteiger partial charge in [0.25, 0.3) is 0 Å². The molecule has 0 spiro atoms. The Bertz CT molecular complexity index is 1430. The van der Waals surface area contributed by atoms with Crippen molar-refractivity contribution in [3.63, 3.8) is 0 Å². The van der Waals surface area contributed by atoms with Gasteiger partial charge in [-0.25, -0.2) is 9.18 Å². The van der Waals surface area contributed by atoms with E-state index in [4.69, 9.17) is 10.5 Å². The van der Waals surface area contributed by atoms with Crippen molar-refractivity contribution in [3.05, 3.63) is 70.0 Å². The number of benzene rings is 3. The second-order valence-corrected chi connectivity index (χ2v) is 6.41. The van der Waals surface area contributed by atoms with E-state index in [1.54, 1.807) is 12.1 Å². The zero-order chi connectivity index (χ0) is 19.7. The minimum Gasteiger partial charge on any atom is -0.477 e. The average molecular weight is 380 g/mol. The van der Waals surface area contributed by atoms with Crippen LogP contribution in [0.5, 0.6) is 11.5 Å². The Balaban J connectivity index is 2.04. The number of carboxylic acid groups (broad SMARTS) is 1. The first-order chi connectivity index (χ1) is 13.4. The first-order valence-electron chi connectivity index (χ1n) is 8.18. The first kappa shape index (κ1) is 16.2. The van der Waals surface area contributed by atoms with Crippen LogP contribution >= 0.6 is 0 Å². The number of carbonyl (C=O) groups is 1. The predicted octanol–water partition coefficient (Wildman–Crippen LogP) is 3.81. The molecule has 0 aliphatic carbocycles. The number of pyridine rings is 1. The summed E-state index contributed by atoms with van der Waals surface area (Å²) in [5, 5.41) is 10.6. The van der Waals surface area contributed by atoms with Gasteiger partial charge in [0.1, 0.15) is 11.1 Å². The molecule has 8 heteroatoms. The third kappa shape index (κ3) is 1.94. The fourth-order valence-corrected chi connectivity index (χ4v) is 3.54. The molecule has 3 aromatic carbocycles. The molecule has 28 heavy (non-hydrogen) atoms. The maximum absolute atomic E-state index is 14.6. The van der Waals surface area contributed by atoms with Crippen LogP contribution in [0.3, 0.4) is 0 Å². The lowest BCUT2D eigenvalue weighted by Crippen LogP contribution is -2.22. The van der Waals surface area contributed by atoms with Crippen LogP contribution in [0.2, 0.25) is 0 Å². The van der Waals surface area contributed by atoms with Crippen molar-refractivity contribution in [1.29, 1.82) is 0 Å². The zero-order valence-corrected chi connectivity index (χ0v) is 14.0. The normalized spacial score (nSPS) is 12.1. The van der Waals surface area contributed by atoms with Gasteiger partial charge in [-0.2, -0.15) is 4.39 Å². The second kappa shape index (κ2) is 5.29. The molecule has 1 aromatic heterocycles. The van der Waals surface area contributed by atoms with Crippen LogP contribution in [0.15, 0.2) is 47.4 Å². The number of halogens is 2. The van der Waals surface area contributed by atoms with E-state index in [-0.39, 0.29) is 11.3 Å². The molecule has 0 unspecified atom stereocenters. The van der Waals surface area contributed by atoms with Crippen LogP contribution in [-0.2, 0) is 0 Å². The van der Waals surface area contributed by atoms with Crippen molar-refractivity contribution >= 4 is 33.3 Å². The third-order valence-corrected chi connectivity index (χ3v) is 4.85. The minimum absolute atomic E-state index is 0.116. The Labute approximate surface area is 155 Å². The number of nitrogens with zero attached hydrogens (tertiary/aromatic N) is 1. The summed E-state index contributed by atoms with van der Waals surface area (Å²) >= 11 is 0. The summed E-state index contributed by atoms with van der Waals surface area (Å²) in [5.74, 6) is -4.64. The molecule has 0 atom stereocenters. The van der Waals surface area contributed by atoms with Crippen molar-refractivity contribution in [2.24, 2.45) is 0 Å². The van der Waals surface area contributed by atoms with E-state index < -0.39 is 45.4 Å². The van der Waals surface area contributed by atoms with E-state index in [9.17, 15) is 23.5 Å². The number of nitrogens with two attached hydrogens (primary N) is 1. The van der Waals surface area contributed by atoms with Crippen LogP contribution in [0, 0.1) is 11.6 Å². The molecule has 0 saturated heterocycles. The zero-order valence-electron chi connectivity index (χ0n) is 14.0. The number of ether oxygens (including phenoxy) is 1. The van der Waals surface area contributed by atoms with Gasteiger partial charge in [-0.05, 0) is 22.9 Å². The first-order valence-corrected chi connectivity index (χ1v) is 8.18. The van der Waals surface area contributed by atoms with Gasteiger partial charge in [-0.1, -0.05) is 24.3 Å². The van der Waals surface area contributed by atoms with Gasteiger partial charge < -0.3 is 20.1 Å². The van der Waals surface area contributed by atoms with E-state index in [1.165, 1.54) is 4.57 Å². The average Bonchev–Trinajstić information content (AvgIpc) is 2.68. The van der Waals surface area contributed by atoms with Crippen LogP contribution in [0.25, 0.3) is 27.4 Å². The Morgan fingerprint density at radius 2 is 1.79 bits per heavy atom. The Morgan fingerprint density at radius 1 is 1.11 bits per heavy atom. The molecule has 0 bridgehead atoms. The molecule has 3 N–H and O–H groups in total. The van der Waals surface area contributed by atoms with Gasteiger partial charge >= 0.3 is 5.97 Å². The van der Waals surface area contributed by atoms with Crippen molar-refractivity contribution in [1.82, 2.24) is 4.57 Å². The van der Waals surface area contributed by atoms with Crippen LogP contribution in [-0.4, -0.2) is 15.6 Å². The van der Waals surface area contributed by atoms with Gasteiger partial charge in [-0.3, -0.25) is 4.79 Å². The Hall–Kier alpha value is -3.94. The van der Waals surface area contributed by atoms with Crippen LogP contribution in [0.4, 0.5) is 14.5 Å². The number of hydrogen-bond acceptors (Lipinski definition) is 4. The summed E-state index contributed by atoms with van der Waals surface area (Å²) in [5.41, 5.74) is 3.52. The van der Waals surface area contributed by atoms with Crippen LogP contribution < -0.4 is 15.9 Å². The Morgan fingerprint density at radius 3 is 2.46 bits per heavy atom. The second-order valence-electron chi connectivity index (χ2n) is 6.41. The molecule has 138 valence electrons. The molecule has 2 heterocycles. The smallest absolute Gasteiger partial charge is 0.341 e. The monoisotopic (exact) mass is 380 g/mol. The number of hydrogen-bond donors (Lipinski definition) is 2. The van der Waals surface area contributed by atoms with E-state index in [1.807, 2.05) is 24.3 Å². The minimum atomic E-state index is -1.50. The highest BCUT2D eigenvalue weighted by atomic mass is 19.2. The topological polar surface area (TPSA) is 94.5 Å². The number of carboxylic acids is 1. The highest BCUT2D eigenvalue weighted by molar-refractivity contribution is 6.02. The number of rotatable bonds is 1. The molecular formula is C20H10F2N2O4. The van der Waals surface area contributed by atoms with E-state index in [0.29, 0.717) is 5.69 Å². The quantitative estimate of drug-likeness (QED) is 0.431. The number of anilines is 1. The standard InChI is InChI=1S/C20H10F2N2O4/c21-14-15(22)19-17-13(16(14)23)18(25)10(20(26)27)7-24(17)11-5-8-3-1-2-4-9(8)6-12(11)28-19/h1-7H,23H2,(H,26,27). The van der Waals surface area contributed by atoms with Gasteiger partial charge in [0.15, 0.2) is 17.3 Å². The van der Waals surface area contributed by atoms with Crippen molar-refractivity contribution < 1.29 is 23.4 Å². The van der Waals surface area contributed by atoms with E-state index >= 15 is 0 Å². The summed E-state index contributed by atoms with van der Waals surface area (Å²) in [6, 6.07) is 10.6. The van der Waals surface area contributed by atoms with Gasteiger partial charge in [-0.15, -0.1) is 0 Å². The summed E-state index contributed by atoms with van der Waals surface area (Å²) in [4.78, 5) is 24.2. The van der Waals surface area contributed by atoms with Crippen molar-refractivity contribution in [3.8, 4) is 17.2 Å². The SMILES string of the molecule is Nc1c(F)c(F)c2c3c1c(=O)c(C(=O)O)cn3-c1cc3ccccc3cc1O2. The largest absolute Gasteiger partial charge is 0.477 e. The molecule has 1 aliphatic heterocycles. The summed E-state index contributed by atoms with van der Waals surface area (Å²) < 4.78 is 35.8. The number of aromatic nitrogens is 1. The number of aromatic carboxylic acids is 1. The molecule has 0 fully saturated rings. The predicted molar refractivity (Wildman–Crippen MR) is 98.4 cm³/mol. The lowest BCUT2D eigenvalue weighted by molar-refractivity contribution is 0.0695. The fourth-order valence-electron chi connectivity index (χ4n) is 3.54. The molecular weight excluding hydrogens is 370 g/mol. The van der Waals surface area contributed by atoms with Crippen molar-refractivity contribution in [2.75, 3.05) is 5.73 Å². The summed E-state index contributed by atoms with van der Waals surface area (Å²) in [6.07, 6.45) is 1.07. The van der Waals surface area contributed by atoms with E-state index in [2.05, 4.69) is 0 Å². The molecule has 5 rings (SSSR count). The Kier molecular flexibility index (Phi) is 3.07. The highest BCUT2D eigenvalue weighted by Gasteiger charge is 2.31. The van der Waals surface area contributed by atoms with Crippen molar-refractivity contribution in [2.45, 2.75) is 0 Å². The third-order valence-electron chi connectivity index (χ3n) is 4.85. The maximum atomic E-state index is 14.6. The molecule has 0 radical (unpaired) electrons. The fraction of sp³-hybridized carbons (Fsp3) is 0. The molecule has 6 nitrogen and oxygen atoms in total. The van der Waals surface area contributed by atoms with Gasteiger partial charge in [0.05, 0.1) is 16.8 Å². The maximum Gasteiger partial charge on any atom is 0.341 e. The molecule has 0 amide bonds. The highest BCUT2D eigenvalue weighted by Crippen LogP contribution is 2.45. The lowest BCUT2D eigenvalue weighted by atomic mass is 10.0. The lowest BCUT2D eigenvalue weighted by Gasteiger charge is -2.25. The van der Waals surface area contributed by atoms with E-state index in [0.717, 1.165) is 17.0 Å². The molecule has 0 saturated carbocycles. The number of fused-ring (bicyclic) bond motifs is 3. The number of nitrogen functional groups attached to an aromatic ring is 1. The summed E-state index contributed by atoms with van der Waals surface area (Å²) in [6.45, 7) is 0. The molecule has 1 aliphatic rings. The van der Waals surface area contributed by atoms with Crippen LogP contribution in [0.1, 0.15) is 10.4 Å². The van der Waals surface area contributed by atoms with Gasteiger partial charge in [0, 0.05) is 6.20 Å². The van der Waals surface area contributed by atoms with Gasteiger partial charge in [0.2, 0.25) is 11.2 Å². The summed E-state index contributed by atoms with van der Waals surface area (Å²) in [7, 11) is 0.